The SMILES string of the molecule is O=C(Cc1ccccc1Br)C1CCC(C(F)(F)F)CC1. The maximum Gasteiger partial charge on any atom is 0.391 e. The lowest BCUT2D eigenvalue weighted by atomic mass is 9.78. The van der Waals surface area contributed by atoms with Crippen molar-refractivity contribution in [3.8, 4) is 0 Å². The first-order valence-electron chi connectivity index (χ1n) is 6.70. The Morgan fingerprint density at radius 2 is 1.75 bits per heavy atom. The number of Topliss-reactive ketones (excluding diaryl/α,β-unsaturated/α-hetero) is 1. The molecule has 0 aromatic heterocycles. The average Bonchev–Trinajstić information content (AvgIpc) is 2.40. The number of ketones is 1. The second kappa shape index (κ2) is 6.29. The van der Waals surface area contributed by atoms with Crippen molar-refractivity contribution in [2.24, 2.45) is 11.8 Å². The Kier molecular flexibility index (Phi) is 4.89. The van der Waals surface area contributed by atoms with Crippen LogP contribution in [-0.2, 0) is 11.2 Å². The third-order valence-corrected chi connectivity index (χ3v) is 4.74. The summed E-state index contributed by atoms with van der Waals surface area (Å²) >= 11 is 3.38. The zero-order chi connectivity index (χ0) is 14.8. The molecule has 110 valence electrons. The maximum absolute atomic E-state index is 12.6. The molecule has 1 fully saturated rings. The van der Waals surface area contributed by atoms with E-state index in [1.807, 2.05) is 24.3 Å². The molecular weight excluding hydrogens is 333 g/mol. The Bertz CT molecular complexity index is 476. The molecule has 0 unspecified atom stereocenters. The molecule has 1 aliphatic carbocycles. The van der Waals surface area contributed by atoms with Crippen molar-refractivity contribution >= 4 is 21.7 Å². The predicted molar refractivity (Wildman–Crippen MR) is 74.4 cm³/mol. The first-order valence-corrected chi connectivity index (χ1v) is 7.50. The summed E-state index contributed by atoms with van der Waals surface area (Å²) in [5.41, 5.74) is 0.899. The molecule has 0 heterocycles. The normalized spacial score (nSPS) is 23.6. The van der Waals surface area contributed by atoms with Gasteiger partial charge in [-0.15, -0.1) is 0 Å². The highest BCUT2D eigenvalue weighted by Gasteiger charge is 2.42. The van der Waals surface area contributed by atoms with E-state index in [1.165, 1.54) is 0 Å². The van der Waals surface area contributed by atoms with Crippen molar-refractivity contribution in [3.05, 3.63) is 34.3 Å². The lowest BCUT2D eigenvalue weighted by molar-refractivity contribution is -0.184. The molecular formula is C15H16BrF3O. The number of benzene rings is 1. The first-order chi connectivity index (χ1) is 9.38. The number of alkyl halides is 3. The molecule has 1 aromatic carbocycles. The van der Waals surface area contributed by atoms with E-state index in [0.717, 1.165) is 10.0 Å². The van der Waals surface area contributed by atoms with E-state index in [4.69, 9.17) is 0 Å². The van der Waals surface area contributed by atoms with E-state index in [0.29, 0.717) is 19.3 Å². The Hall–Kier alpha value is -0.840. The van der Waals surface area contributed by atoms with Crippen molar-refractivity contribution in [1.29, 1.82) is 0 Å². The number of halogens is 4. The van der Waals surface area contributed by atoms with Gasteiger partial charge >= 0.3 is 6.18 Å². The summed E-state index contributed by atoms with van der Waals surface area (Å²) in [5.74, 6) is -1.40. The molecule has 0 N–H and O–H groups in total. The van der Waals surface area contributed by atoms with Crippen LogP contribution in [0.3, 0.4) is 0 Å². The van der Waals surface area contributed by atoms with Crippen LogP contribution < -0.4 is 0 Å². The summed E-state index contributed by atoms with van der Waals surface area (Å²) in [4.78, 5) is 12.2. The summed E-state index contributed by atoms with van der Waals surface area (Å²) < 4.78 is 38.6. The van der Waals surface area contributed by atoms with Crippen LogP contribution >= 0.6 is 15.9 Å². The van der Waals surface area contributed by atoms with E-state index in [1.54, 1.807) is 0 Å². The lowest BCUT2D eigenvalue weighted by Crippen LogP contribution is -2.30. The quantitative estimate of drug-likeness (QED) is 0.756. The fraction of sp³-hybridized carbons (Fsp3) is 0.533. The van der Waals surface area contributed by atoms with E-state index in [-0.39, 0.29) is 24.5 Å². The van der Waals surface area contributed by atoms with Crippen molar-refractivity contribution in [3.63, 3.8) is 0 Å². The summed E-state index contributed by atoms with van der Waals surface area (Å²) in [6.45, 7) is 0. The van der Waals surface area contributed by atoms with Crippen molar-refractivity contribution < 1.29 is 18.0 Å². The monoisotopic (exact) mass is 348 g/mol. The lowest BCUT2D eigenvalue weighted by Gasteiger charge is -2.29. The van der Waals surface area contributed by atoms with E-state index in [9.17, 15) is 18.0 Å². The van der Waals surface area contributed by atoms with Gasteiger partial charge in [0.1, 0.15) is 5.78 Å². The Labute approximate surface area is 124 Å². The van der Waals surface area contributed by atoms with Gasteiger partial charge in [0.25, 0.3) is 0 Å². The van der Waals surface area contributed by atoms with Gasteiger partial charge in [-0.3, -0.25) is 4.79 Å². The van der Waals surface area contributed by atoms with Crippen LogP contribution in [0.2, 0.25) is 0 Å². The number of rotatable bonds is 3. The first kappa shape index (κ1) is 15.5. The number of carbonyl (C=O) groups is 1. The van der Waals surface area contributed by atoms with Gasteiger partial charge < -0.3 is 0 Å². The average molecular weight is 349 g/mol. The Morgan fingerprint density at radius 3 is 2.30 bits per heavy atom. The second-order valence-corrected chi connectivity index (χ2v) is 6.18. The Morgan fingerprint density at radius 1 is 1.15 bits per heavy atom. The van der Waals surface area contributed by atoms with Gasteiger partial charge in [0.05, 0.1) is 5.92 Å². The van der Waals surface area contributed by atoms with Gasteiger partial charge in [0, 0.05) is 16.8 Å². The van der Waals surface area contributed by atoms with Gasteiger partial charge in [-0.1, -0.05) is 34.1 Å². The smallest absolute Gasteiger partial charge is 0.299 e. The number of hydrogen-bond acceptors (Lipinski definition) is 1. The fourth-order valence-corrected chi connectivity index (χ4v) is 3.14. The molecule has 0 spiro atoms. The standard InChI is InChI=1S/C15H16BrF3O/c16-13-4-2-1-3-11(13)9-14(20)10-5-7-12(8-6-10)15(17,18)19/h1-4,10,12H,5-9H2. The molecule has 5 heteroatoms. The third kappa shape index (κ3) is 3.84. The summed E-state index contributed by atoms with van der Waals surface area (Å²) in [5, 5.41) is 0. The minimum absolute atomic E-state index is 0.0533. The predicted octanol–water partition coefficient (Wildman–Crippen LogP) is 4.93. The van der Waals surface area contributed by atoms with Crippen LogP contribution in [0.4, 0.5) is 13.2 Å². The molecule has 0 bridgehead atoms. The summed E-state index contributed by atoms with van der Waals surface area (Å²) in [6, 6.07) is 7.45. The van der Waals surface area contributed by atoms with Gasteiger partial charge in [-0.25, -0.2) is 0 Å². The van der Waals surface area contributed by atoms with Crippen LogP contribution in [0.25, 0.3) is 0 Å². The van der Waals surface area contributed by atoms with Gasteiger partial charge in [-0.05, 0) is 37.3 Å². The minimum Gasteiger partial charge on any atom is -0.299 e. The summed E-state index contributed by atoms with van der Waals surface area (Å²) in [7, 11) is 0. The van der Waals surface area contributed by atoms with Crippen LogP contribution in [-0.4, -0.2) is 12.0 Å². The number of carbonyl (C=O) groups excluding carboxylic acids is 1. The maximum atomic E-state index is 12.6. The molecule has 1 nitrogen and oxygen atoms in total. The van der Waals surface area contributed by atoms with E-state index >= 15 is 0 Å². The number of hydrogen-bond donors (Lipinski definition) is 0. The van der Waals surface area contributed by atoms with Gasteiger partial charge in [0.15, 0.2) is 0 Å². The molecule has 1 aromatic rings. The molecule has 1 saturated carbocycles. The van der Waals surface area contributed by atoms with E-state index < -0.39 is 12.1 Å². The highest BCUT2D eigenvalue weighted by Crippen LogP contribution is 2.40. The zero-order valence-electron chi connectivity index (χ0n) is 10.9. The van der Waals surface area contributed by atoms with Crippen LogP contribution in [0.5, 0.6) is 0 Å². The van der Waals surface area contributed by atoms with Crippen LogP contribution in [0.1, 0.15) is 31.2 Å². The zero-order valence-corrected chi connectivity index (χ0v) is 12.5. The van der Waals surface area contributed by atoms with Crippen molar-refractivity contribution in [2.45, 2.75) is 38.3 Å². The fourth-order valence-electron chi connectivity index (χ4n) is 2.72. The minimum atomic E-state index is -4.11. The van der Waals surface area contributed by atoms with Crippen molar-refractivity contribution in [2.75, 3.05) is 0 Å². The molecule has 0 saturated heterocycles. The summed E-state index contributed by atoms with van der Waals surface area (Å²) in [6.07, 6.45) is -2.95. The van der Waals surface area contributed by atoms with Crippen molar-refractivity contribution in [1.82, 2.24) is 0 Å². The molecule has 2 rings (SSSR count). The highest BCUT2D eigenvalue weighted by molar-refractivity contribution is 9.10. The van der Waals surface area contributed by atoms with Gasteiger partial charge in [0.2, 0.25) is 0 Å². The van der Waals surface area contributed by atoms with Crippen LogP contribution in [0, 0.1) is 11.8 Å². The van der Waals surface area contributed by atoms with Crippen LogP contribution in [0.15, 0.2) is 28.7 Å². The second-order valence-electron chi connectivity index (χ2n) is 5.32. The highest BCUT2D eigenvalue weighted by atomic mass is 79.9. The topological polar surface area (TPSA) is 17.1 Å². The molecule has 0 aliphatic heterocycles. The third-order valence-electron chi connectivity index (χ3n) is 3.97. The Balaban J connectivity index is 1.91. The molecule has 0 atom stereocenters. The van der Waals surface area contributed by atoms with E-state index in [2.05, 4.69) is 15.9 Å². The molecule has 0 amide bonds. The molecule has 0 radical (unpaired) electrons. The molecule has 20 heavy (non-hydrogen) atoms. The molecule has 1 aliphatic rings. The van der Waals surface area contributed by atoms with Gasteiger partial charge in [-0.2, -0.15) is 13.2 Å². The largest absolute Gasteiger partial charge is 0.391 e.